The highest BCUT2D eigenvalue weighted by Crippen LogP contribution is 2.19. The van der Waals surface area contributed by atoms with E-state index >= 15 is 0 Å². The summed E-state index contributed by atoms with van der Waals surface area (Å²) in [6.07, 6.45) is 3.74. The largest absolute Gasteiger partial charge is 0.349 e. The molecule has 1 fully saturated rings. The van der Waals surface area contributed by atoms with Crippen molar-refractivity contribution in [2.24, 2.45) is 11.8 Å². The number of piperidine rings is 1. The number of aromatic nitrogens is 1. The average Bonchev–Trinajstić information content (AvgIpc) is 2.62. The van der Waals surface area contributed by atoms with Gasteiger partial charge in [-0.25, -0.2) is 0 Å². The van der Waals surface area contributed by atoms with Gasteiger partial charge in [0.15, 0.2) is 5.78 Å². The van der Waals surface area contributed by atoms with Gasteiger partial charge in [-0.1, -0.05) is 25.6 Å². The Kier molecular flexibility index (Phi) is 7.32. The number of carbonyl (C=O) groups is 4. The quantitative estimate of drug-likeness (QED) is 0.701. The first-order valence-corrected chi connectivity index (χ1v) is 9.54. The summed E-state index contributed by atoms with van der Waals surface area (Å²) in [6.45, 7) is 4.07. The number of Topliss-reactive ketones (excluding diaryl/α,β-unsaturated/α-hetero) is 2. The predicted molar refractivity (Wildman–Crippen MR) is 98.4 cm³/mol. The van der Waals surface area contributed by atoms with Gasteiger partial charge in [0, 0.05) is 37.0 Å². The van der Waals surface area contributed by atoms with Gasteiger partial charge < -0.3 is 10.6 Å². The van der Waals surface area contributed by atoms with Crippen LogP contribution in [0.4, 0.5) is 4.79 Å². The molecule has 0 bridgehead atoms. The lowest BCUT2D eigenvalue weighted by molar-refractivity contribution is -0.143. The second kappa shape index (κ2) is 9.47. The second-order valence-electron chi connectivity index (χ2n) is 6.57. The number of thioether (sulfide) groups is 1. The molecule has 2 unspecified atom stereocenters. The zero-order valence-electron chi connectivity index (χ0n) is 14.9. The summed E-state index contributed by atoms with van der Waals surface area (Å²) in [6, 6.07) is 2.97. The summed E-state index contributed by atoms with van der Waals surface area (Å²) in [5.41, 5.74) is 0.964. The van der Waals surface area contributed by atoms with E-state index in [9.17, 15) is 19.2 Å². The topological polar surface area (TPSA) is 105 Å². The minimum atomic E-state index is -0.676. The molecule has 0 aromatic carbocycles. The SMILES string of the molecule is CC(C)C(NC(=O)SCc1ccncc1)C(=O)CC1CCNC(=O)C1=O. The van der Waals surface area contributed by atoms with Crippen molar-refractivity contribution in [2.75, 3.05) is 6.54 Å². The molecule has 0 aliphatic carbocycles. The number of ketones is 2. The minimum Gasteiger partial charge on any atom is -0.349 e. The van der Waals surface area contributed by atoms with Gasteiger partial charge in [-0.2, -0.15) is 0 Å². The van der Waals surface area contributed by atoms with E-state index in [0.717, 1.165) is 17.3 Å². The number of pyridine rings is 1. The minimum absolute atomic E-state index is 0.0234. The smallest absolute Gasteiger partial charge is 0.287 e. The zero-order valence-corrected chi connectivity index (χ0v) is 15.7. The molecular weight excluding hydrogens is 354 g/mol. The van der Waals surface area contributed by atoms with Crippen molar-refractivity contribution in [3.63, 3.8) is 0 Å². The maximum Gasteiger partial charge on any atom is 0.287 e. The predicted octanol–water partition coefficient (Wildman–Crippen LogP) is 1.71. The van der Waals surface area contributed by atoms with Gasteiger partial charge in [0.25, 0.3) is 11.1 Å². The van der Waals surface area contributed by atoms with E-state index in [1.807, 2.05) is 26.0 Å². The van der Waals surface area contributed by atoms with Gasteiger partial charge >= 0.3 is 0 Å². The lowest BCUT2D eigenvalue weighted by atomic mass is 9.87. The van der Waals surface area contributed by atoms with Crippen LogP contribution in [0.3, 0.4) is 0 Å². The Morgan fingerprint density at radius 1 is 1.31 bits per heavy atom. The van der Waals surface area contributed by atoms with Gasteiger partial charge in [-0.15, -0.1) is 0 Å². The third-order valence-corrected chi connectivity index (χ3v) is 5.08. The molecule has 2 N–H and O–H groups in total. The molecule has 2 atom stereocenters. The summed E-state index contributed by atoms with van der Waals surface area (Å²) < 4.78 is 0. The first-order chi connectivity index (χ1) is 12.4. The summed E-state index contributed by atoms with van der Waals surface area (Å²) in [5, 5.41) is 4.93. The van der Waals surface area contributed by atoms with Gasteiger partial charge in [-0.3, -0.25) is 24.2 Å². The Labute approximate surface area is 156 Å². The third-order valence-electron chi connectivity index (χ3n) is 4.23. The number of carbonyl (C=O) groups excluding carboxylic acids is 4. The fourth-order valence-corrected chi connectivity index (χ4v) is 3.44. The van der Waals surface area contributed by atoms with E-state index in [0.29, 0.717) is 18.7 Å². The molecule has 26 heavy (non-hydrogen) atoms. The maximum atomic E-state index is 12.6. The standard InChI is InChI=1S/C18H23N3O4S/c1-11(2)15(14(22)9-13-5-8-20-17(24)16(13)23)21-18(25)26-10-12-3-6-19-7-4-12/h3-4,6-7,11,13,15H,5,8-10H2,1-2H3,(H,20,24)(H,21,25). The number of nitrogens with one attached hydrogen (secondary N) is 2. The molecule has 2 heterocycles. The Balaban J connectivity index is 1.90. The van der Waals surface area contributed by atoms with Crippen LogP contribution < -0.4 is 10.6 Å². The van der Waals surface area contributed by atoms with Crippen molar-refractivity contribution in [1.29, 1.82) is 0 Å². The molecule has 8 heteroatoms. The molecule has 7 nitrogen and oxygen atoms in total. The van der Waals surface area contributed by atoms with E-state index < -0.39 is 23.7 Å². The van der Waals surface area contributed by atoms with Gasteiger partial charge in [-0.05, 0) is 30.0 Å². The van der Waals surface area contributed by atoms with Crippen molar-refractivity contribution >= 4 is 34.5 Å². The Morgan fingerprint density at radius 3 is 2.65 bits per heavy atom. The number of hydrogen-bond donors (Lipinski definition) is 2. The van der Waals surface area contributed by atoms with Crippen LogP contribution in [0.15, 0.2) is 24.5 Å². The Morgan fingerprint density at radius 2 is 2.00 bits per heavy atom. The van der Waals surface area contributed by atoms with Crippen molar-refractivity contribution in [2.45, 2.75) is 38.5 Å². The fraction of sp³-hybridized carbons (Fsp3) is 0.500. The summed E-state index contributed by atoms with van der Waals surface area (Å²) in [4.78, 5) is 52.0. The van der Waals surface area contributed by atoms with E-state index in [1.54, 1.807) is 12.4 Å². The Bertz CT molecular complexity index is 678. The molecule has 2 rings (SSSR count). The molecule has 2 amide bonds. The van der Waals surface area contributed by atoms with Gasteiger partial charge in [0.05, 0.1) is 6.04 Å². The summed E-state index contributed by atoms with van der Waals surface area (Å²) in [7, 11) is 0. The molecule has 0 spiro atoms. The Hall–Kier alpha value is -2.22. The highest BCUT2D eigenvalue weighted by atomic mass is 32.2. The van der Waals surface area contributed by atoms with Crippen LogP contribution in [0.2, 0.25) is 0 Å². The fourth-order valence-electron chi connectivity index (χ4n) is 2.74. The van der Waals surface area contributed by atoms with Crippen molar-refractivity contribution in [3.8, 4) is 0 Å². The van der Waals surface area contributed by atoms with Crippen LogP contribution in [-0.2, 0) is 20.1 Å². The van der Waals surface area contributed by atoms with Gasteiger partial charge in [0.1, 0.15) is 0 Å². The maximum absolute atomic E-state index is 12.6. The molecule has 1 aromatic rings. The molecule has 1 aliphatic heterocycles. The van der Waals surface area contributed by atoms with Crippen LogP contribution >= 0.6 is 11.8 Å². The average molecular weight is 377 g/mol. The molecule has 140 valence electrons. The molecule has 0 saturated carbocycles. The molecule has 1 aromatic heterocycles. The number of amides is 2. The van der Waals surface area contributed by atoms with Crippen LogP contribution in [0.25, 0.3) is 0 Å². The van der Waals surface area contributed by atoms with Crippen LogP contribution in [-0.4, -0.2) is 40.3 Å². The van der Waals surface area contributed by atoms with E-state index in [4.69, 9.17) is 0 Å². The highest BCUT2D eigenvalue weighted by Gasteiger charge is 2.34. The lowest BCUT2D eigenvalue weighted by Crippen LogP contribution is -2.47. The molecule has 0 radical (unpaired) electrons. The molecular formula is C18H23N3O4S. The molecule has 1 aliphatic rings. The van der Waals surface area contributed by atoms with Crippen molar-refractivity contribution < 1.29 is 19.2 Å². The van der Waals surface area contributed by atoms with E-state index in [1.165, 1.54) is 0 Å². The molecule has 1 saturated heterocycles. The van der Waals surface area contributed by atoms with Crippen LogP contribution in [0, 0.1) is 11.8 Å². The monoisotopic (exact) mass is 377 g/mol. The number of hydrogen-bond acceptors (Lipinski definition) is 6. The van der Waals surface area contributed by atoms with E-state index in [2.05, 4.69) is 15.6 Å². The number of rotatable bonds is 7. The summed E-state index contributed by atoms with van der Waals surface area (Å²) in [5.74, 6) is -1.63. The summed E-state index contributed by atoms with van der Waals surface area (Å²) >= 11 is 1.08. The van der Waals surface area contributed by atoms with Gasteiger partial charge in [0.2, 0.25) is 5.78 Å². The highest BCUT2D eigenvalue weighted by molar-refractivity contribution is 8.12. The van der Waals surface area contributed by atoms with Crippen LogP contribution in [0.5, 0.6) is 0 Å². The third kappa shape index (κ3) is 5.66. The first-order valence-electron chi connectivity index (χ1n) is 8.55. The van der Waals surface area contributed by atoms with Crippen molar-refractivity contribution in [1.82, 2.24) is 15.6 Å². The van der Waals surface area contributed by atoms with E-state index in [-0.39, 0.29) is 23.4 Å². The normalized spacial score (nSPS) is 18.3. The lowest BCUT2D eigenvalue weighted by Gasteiger charge is -2.25. The number of nitrogens with zero attached hydrogens (tertiary/aromatic N) is 1. The zero-order chi connectivity index (χ0) is 19.1. The van der Waals surface area contributed by atoms with Crippen LogP contribution in [0.1, 0.15) is 32.3 Å². The van der Waals surface area contributed by atoms with Crippen molar-refractivity contribution in [3.05, 3.63) is 30.1 Å². The first kappa shape index (κ1) is 20.1. The second-order valence-corrected chi connectivity index (χ2v) is 7.52.